The topological polar surface area (TPSA) is 80.9 Å². The van der Waals surface area contributed by atoms with E-state index < -0.39 is 0 Å². The molecule has 0 saturated carbocycles. The van der Waals surface area contributed by atoms with Crippen LogP contribution in [0.4, 0.5) is 5.82 Å². The summed E-state index contributed by atoms with van der Waals surface area (Å²) in [5.74, 6) is -0.166. The Kier molecular flexibility index (Phi) is 3.72. The highest BCUT2D eigenvalue weighted by Crippen LogP contribution is 2.25. The molecule has 1 N–H and O–H groups in total. The third-order valence-corrected chi connectivity index (χ3v) is 3.53. The van der Waals surface area contributed by atoms with E-state index in [4.69, 9.17) is 27.7 Å². The van der Waals surface area contributed by atoms with Gasteiger partial charge in [0, 0.05) is 5.39 Å². The highest BCUT2D eigenvalue weighted by atomic mass is 35.5. The Morgan fingerprint density at radius 3 is 2.90 bits per heavy atom. The van der Waals surface area contributed by atoms with Crippen molar-refractivity contribution in [3.8, 4) is 0 Å². The van der Waals surface area contributed by atoms with E-state index in [0.29, 0.717) is 11.3 Å². The number of aromatic nitrogens is 3. The number of amides is 1. The van der Waals surface area contributed by atoms with Gasteiger partial charge in [-0.25, -0.2) is 9.97 Å². The van der Waals surface area contributed by atoms with Crippen molar-refractivity contribution in [1.82, 2.24) is 15.1 Å². The number of halogens is 2. The van der Waals surface area contributed by atoms with Crippen LogP contribution in [0.3, 0.4) is 0 Å². The first-order chi connectivity index (χ1) is 10.1. The minimum absolute atomic E-state index is 0.0367. The molecule has 0 spiro atoms. The lowest BCUT2D eigenvalue weighted by Crippen LogP contribution is -2.16. The molecule has 21 heavy (non-hydrogen) atoms. The number of anilines is 1. The van der Waals surface area contributed by atoms with Gasteiger partial charge in [-0.15, -0.1) is 0 Å². The average molecular weight is 323 g/mol. The number of hydrogen-bond acceptors (Lipinski definition) is 5. The number of nitrogens with one attached hydrogen (secondary N) is 1. The highest BCUT2D eigenvalue weighted by Gasteiger charge is 2.15. The molecule has 1 amide bonds. The highest BCUT2D eigenvalue weighted by molar-refractivity contribution is 6.42. The van der Waals surface area contributed by atoms with Gasteiger partial charge in [-0.1, -0.05) is 40.5 Å². The molecule has 3 aromatic rings. The molecule has 0 bridgehead atoms. The molecule has 8 heteroatoms. The molecule has 0 aliphatic rings. The maximum absolute atomic E-state index is 12.0. The van der Waals surface area contributed by atoms with Crippen LogP contribution < -0.4 is 5.32 Å². The summed E-state index contributed by atoms with van der Waals surface area (Å²) in [6.45, 7) is 0. The van der Waals surface area contributed by atoms with Crippen LogP contribution in [-0.4, -0.2) is 21.0 Å². The third kappa shape index (κ3) is 2.81. The van der Waals surface area contributed by atoms with Gasteiger partial charge in [0.25, 0.3) is 0 Å². The summed E-state index contributed by atoms with van der Waals surface area (Å²) in [6, 6.07) is 7.30. The molecule has 2 heterocycles. The number of para-hydroxylation sites is 1. The second-order valence-corrected chi connectivity index (χ2v) is 4.91. The SMILES string of the molecule is O=C(Cc1noc2ccccc12)Nc1ncnc(Cl)c1Cl. The van der Waals surface area contributed by atoms with Gasteiger partial charge in [-0.3, -0.25) is 4.79 Å². The second kappa shape index (κ2) is 5.67. The lowest BCUT2D eigenvalue weighted by molar-refractivity contribution is -0.115. The van der Waals surface area contributed by atoms with E-state index in [1.165, 1.54) is 6.33 Å². The first-order valence-electron chi connectivity index (χ1n) is 5.94. The maximum atomic E-state index is 12.0. The maximum Gasteiger partial charge on any atom is 0.231 e. The lowest BCUT2D eigenvalue weighted by Gasteiger charge is -2.05. The minimum atomic E-state index is -0.328. The van der Waals surface area contributed by atoms with Crippen LogP contribution in [0.1, 0.15) is 5.69 Å². The fourth-order valence-corrected chi connectivity index (χ4v) is 2.11. The molecule has 0 aliphatic heterocycles. The molecular formula is C13H8Cl2N4O2. The van der Waals surface area contributed by atoms with Gasteiger partial charge in [0.15, 0.2) is 16.6 Å². The number of nitrogens with zero attached hydrogens (tertiary/aromatic N) is 3. The average Bonchev–Trinajstić information content (AvgIpc) is 2.87. The van der Waals surface area contributed by atoms with Crippen molar-refractivity contribution in [2.75, 3.05) is 5.32 Å². The molecule has 6 nitrogen and oxygen atoms in total. The summed E-state index contributed by atoms with van der Waals surface area (Å²) in [5, 5.41) is 7.42. The summed E-state index contributed by atoms with van der Waals surface area (Å²) in [4.78, 5) is 19.6. The zero-order chi connectivity index (χ0) is 14.8. The zero-order valence-corrected chi connectivity index (χ0v) is 12.0. The van der Waals surface area contributed by atoms with E-state index >= 15 is 0 Å². The van der Waals surface area contributed by atoms with Gasteiger partial charge in [-0.2, -0.15) is 0 Å². The summed E-state index contributed by atoms with van der Waals surface area (Å²) >= 11 is 11.7. The number of rotatable bonds is 3. The molecule has 3 rings (SSSR count). The summed E-state index contributed by atoms with van der Waals surface area (Å²) in [6.07, 6.45) is 1.25. The van der Waals surface area contributed by atoms with Gasteiger partial charge in [-0.05, 0) is 12.1 Å². The van der Waals surface area contributed by atoms with Crippen LogP contribution in [0.2, 0.25) is 10.2 Å². The van der Waals surface area contributed by atoms with Crippen molar-refractivity contribution in [2.24, 2.45) is 0 Å². The van der Waals surface area contributed by atoms with E-state index in [2.05, 4.69) is 20.4 Å². The molecule has 2 aromatic heterocycles. The van der Waals surface area contributed by atoms with Crippen molar-refractivity contribution in [2.45, 2.75) is 6.42 Å². The molecule has 0 unspecified atom stereocenters. The fraction of sp³-hybridized carbons (Fsp3) is 0.0769. The van der Waals surface area contributed by atoms with Crippen molar-refractivity contribution >= 4 is 45.9 Å². The van der Waals surface area contributed by atoms with E-state index in [1.54, 1.807) is 6.07 Å². The summed E-state index contributed by atoms with van der Waals surface area (Å²) < 4.78 is 5.14. The molecule has 0 fully saturated rings. The molecule has 0 saturated heterocycles. The number of benzene rings is 1. The second-order valence-electron chi connectivity index (χ2n) is 4.18. The predicted octanol–water partition coefficient (Wildman–Crippen LogP) is 3.11. The van der Waals surface area contributed by atoms with Crippen LogP contribution >= 0.6 is 23.2 Å². The normalized spacial score (nSPS) is 10.8. The van der Waals surface area contributed by atoms with E-state index in [0.717, 1.165) is 5.39 Å². The molecule has 0 radical (unpaired) electrons. The minimum Gasteiger partial charge on any atom is -0.356 e. The lowest BCUT2D eigenvalue weighted by atomic mass is 10.1. The summed E-state index contributed by atoms with van der Waals surface area (Å²) in [5.41, 5.74) is 1.17. The van der Waals surface area contributed by atoms with Crippen molar-refractivity contribution in [3.05, 3.63) is 46.5 Å². The van der Waals surface area contributed by atoms with Crippen LogP contribution in [-0.2, 0) is 11.2 Å². The third-order valence-electron chi connectivity index (χ3n) is 2.78. The summed E-state index contributed by atoms with van der Waals surface area (Å²) in [7, 11) is 0. The zero-order valence-electron chi connectivity index (χ0n) is 10.5. The number of carbonyl (C=O) groups is 1. The monoisotopic (exact) mass is 322 g/mol. The largest absolute Gasteiger partial charge is 0.356 e. The van der Waals surface area contributed by atoms with Crippen molar-refractivity contribution in [1.29, 1.82) is 0 Å². The fourth-order valence-electron chi connectivity index (χ4n) is 1.83. The van der Waals surface area contributed by atoms with Gasteiger partial charge >= 0.3 is 0 Å². The predicted molar refractivity (Wildman–Crippen MR) is 78.4 cm³/mol. The first-order valence-corrected chi connectivity index (χ1v) is 6.70. The van der Waals surface area contributed by atoms with Gasteiger partial charge in [0.05, 0.1) is 6.42 Å². The number of fused-ring (bicyclic) bond motifs is 1. The van der Waals surface area contributed by atoms with Crippen molar-refractivity contribution in [3.63, 3.8) is 0 Å². The van der Waals surface area contributed by atoms with E-state index in [-0.39, 0.29) is 28.3 Å². The standard InChI is InChI=1S/C13H8Cl2N4O2/c14-11-12(15)16-6-17-13(11)18-10(20)5-8-7-3-1-2-4-9(7)21-19-8/h1-4,6H,5H2,(H,16,17,18,20). The molecule has 0 atom stereocenters. The Labute approximate surface area is 129 Å². The Morgan fingerprint density at radius 1 is 1.24 bits per heavy atom. The van der Waals surface area contributed by atoms with Gasteiger partial charge in [0.1, 0.15) is 17.0 Å². The van der Waals surface area contributed by atoms with Crippen LogP contribution in [0, 0.1) is 0 Å². The van der Waals surface area contributed by atoms with Gasteiger partial charge in [0.2, 0.25) is 5.91 Å². The Balaban J connectivity index is 1.79. The quantitative estimate of drug-likeness (QED) is 0.749. The first kappa shape index (κ1) is 13.8. The Morgan fingerprint density at radius 2 is 2.05 bits per heavy atom. The van der Waals surface area contributed by atoms with Crippen LogP contribution in [0.15, 0.2) is 35.1 Å². The van der Waals surface area contributed by atoms with Crippen LogP contribution in [0.5, 0.6) is 0 Å². The molecule has 106 valence electrons. The van der Waals surface area contributed by atoms with Crippen LogP contribution in [0.25, 0.3) is 11.0 Å². The molecular weight excluding hydrogens is 315 g/mol. The Hall–Kier alpha value is -2.18. The van der Waals surface area contributed by atoms with Crippen molar-refractivity contribution < 1.29 is 9.32 Å². The number of hydrogen-bond donors (Lipinski definition) is 1. The Bertz CT molecular complexity index is 819. The van der Waals surface area contributed by atoms with E-state index in [9.17, 15) is 4.79 Å². The van der Waals surface area contributed by atoms with E-state index in [1.807, 2.05) is 18.2 Å². The molecule has 1 aromatic carbocycles. The smallest absolute Gasteiger partial charge is 0.231 e. The number of carbonyl (C=O) groups excluding carboxylic acids is 1. The van der Waals surface area contributed by atoms with Gasteiger partial charge < -0.3 is 9.84 Å². The molecule has 0 aliphatic carbocycles.